The summed E-state index contributed by atoms with van der Waals surface area (Å²) in [5.41, 5.74) is 9.20. The molecule has 1 heterocycles. The molecule has 1 aromatic heterocycles. The van der Waals surface area contributed by atoms with Crippen LogP contribution in [0.15, 0.2) is 24.3 Å². The summed E-state index contributed by atoms with van der Waals surface area (Å²) in [6.45, 7) is 5.38. The van der Waals surface area contributed by atoms with E-state index in [9.17, 15) is 14.3 Å². The molecule has 1 atom stereocenters. The van der Waals surface area contributed by atoms with Crippen LogP contribution in [0.1, 0.15) is 67.1 Å². The van der Waals surface area contributed by atoms with Gasteiger partial charge in [-0.25, -0.2) is 14.4 Å². The van der Waals surface area contributed by atoms with Crippen molar-refractivity contribution in [1.82, 2.24) is 9.97 Å². The molecule has 8 heteroatoms. The Labute approximate surface area is 198 Å². The molecule has 2 aromatic carbocycles. The smallest absolute Gasteiger partial charge is 0.306 e. The first-order valence-electron chi connectivity index (χ1n) is 11.6. The number of nitrogens with two attached hydrogens (primary N) is 1. The predicted octanol–water partition coefficient (Wildman–Crippen LogP) is 5.51. The highest BCUT2D eigenvalue weighted by atomic mass is 19.1. The number of rotatable bonds is 6. The molecule has 1 aliphatic rings. The summed E-state index contributed by atoms with van der Waals surface area (Å²) < 4.78 is 20.5. The van der Waals surface area contributed by atoms with Gasteiger partial charge in [0.05, 0.1) is 24.6 Å². The molecular weight excluding hydrogens is 435 g/mol. The van der Waals surface area contributed by atoms with E-state index in [2.05, 4.69) is 15.3 Å². The standard InChI is InChI=1S/C26H31FN4O3/c1-13-9-18(28)10-19(24(13)27)14(2)29-25-21-11-20(16-5-7-17(8-6-16)26(32)33)23(34-4)12-22(21)30-15(3)31-25/h9-12,14,16-17H,5-8,28H2,1-4H3,(H,32,33)(H,29,30,31)/t14-,16?,17?/m1/s1. The lowest BCUT2D eigenvalue weighted by atomic mass is 9.78. The SMILES string of the molecule is COc1cc2nc(C)nc(N[C@H](C)c3cc(N)cc(C)c3F)c2cc1C1CCC(C(=O)O)CC1. The number of carboxylic acids is 1. The van der Waals surface area contributed by atoms with E-state index in [4.69, 9.17) is 10.5 Å². The van der Waals surface area contributed by atoms with Gasteiger partial charge in [0.1, 0.15) is 23.2 Å². The van der Waals surface area contributed by atoms with Crippen LogP contribution in [0, 0.1) is 25.6 Å². The van der Waals surface area contributed by atoms with Gasteiger partial charge in [0.2, 0.25) is 0 Å². The Balaban J connectivity index is 1.73. The van der Waals surface area contributed by atoms with Gasteiger partial charge in [-0.15, -0.1) is 0 Å². The highest BCUT2D eigenvalue weighted by molar-refractivity contribution is 5.91. The Morgan fingerprint density at radius 2 is 1.88 bits per heavy atom. The van der Waals surface area contributed by atoms with Gasteiger partial charge in [0, 0.05) is 22.7 Å². The first-order valence-corrected chi connectivity index (χ1v) is 11.6. The highest BCUT2D eigenvalue weighted by Gasteiger charge is 2.29. The molecule has 34 heavy (non-hydrogen) atoms. The Morgan fingerprint density at radius 1 is 1.18 bits per heavy atom. The number of carbonyl (C=O) groups is 1. The number of nitrogen functional groups attached to an aromatic ring is 1. The van der Waals surface area contributed by atoms with Crippen LogP contribution in [0.4, 0.5) is 15.9 Å². The molecule has 1 fully saturated rings. The van der Waals surface area contributed by atoms with Crippen molar-refractivity contribution >= 4 is 28.4 Å². The fourth-order valence-corrected chi connectivity index (χ4v) is 4.97. The third-order valence-corrected chi connectivity index (χ3v) is 6.80. The second kappa shape index (κ2) is 9.44. The molecular formula is C26H31FN4O3. The van der Waals surface area contributed by atoms with Crippen LogP contribution in [0.25, 0.3) is 10.9 Å². The minimum Gasteiger partial charge on any atom is -0.496 e. The second-order valence-electron chi connectivity index (χ2n) is 9.22. The summed E-state index contributed by atoms with van der Waals surface area (Å²) in [5.74, 6) is 0.819. The van der Waals surface area contributed by atoms with Gasteiger partial charge >= 0.3 is 5.97 Å². The van der Waals surface area contributed by atoms with Crippen molar-refractivity contribution in [2.75, 3.05) is 18.2 Å². The molecule has 180 valence electrons. The number of ether oxygens (including phenoxy) is 1. The number of hydrogen-bond donors (Lipinski definition) is 3. The van der Waals surface area contributed by atoms with Crippen molar-refractivity contribution in [3.8, 4) is 5.75 Å². The van der Waals surface area contributed by atoms with Gasteiger partial charge in [-0.1, -0.05) is 0 Å². The number of methoxy groups -OCH3 is 1. The number of aromatic nitrogens is 2. The zero-order valence-corrected chi connectivity index (χ0v) is 20.0. The molecule has 0 radical (unpaired) electrons. The topological polar surface area (TPSA) is 110 Å². The average Bonchev–Trinajstić information content (AvgIpc) is 2.80. The first-order chi connectivity index (χ1) is 16.2. The largest absolute Gasteiger partial charge is 0.496 e. The second-order valence-corrected chi connectivity index (χ2v) is 9.22. The Bertz CT molecular complexity index is 1240. The van der Waals surface area contributed by atoms with Crippen molar-refractivity contribution in [2.45, 2.75) is 58.4 Å². The fourth-order valence-electron chi connectivity index (χ4n) is 4.97. The lowest BCUT2D eigenvalue weighted by molar-refractivity contribution is -0.142. The van der Waals surface area contributed by atoms with Crippen molar-refractivity contribution in [3.05, 3.63) is 52.6 Å². The summed E-state index contributed by atoms with van der Waals surface area (Å²) in [6.07, 6.45) is 2.83. The zero-order valence-electron chi connectivity index (χ0n) is 20.0. The number of fused-ring (bicyclic) bond motifs is 1. The number of aliphatic carboxylic acids is 1. The van der Waals surface area contributed by atoms with Gasteiger partial charge < -0.3 is 20.9 Å². The molecule has 1 saturated carbocycles. The number of benzene rings is 2. The maximum atomic E-state index is 14.8. The molecule has 0 amide bonds. The average molecular weight is 467 g/mol. The van der Waals surface area contributed by atoms with Crippen LogP contribution in [0.5, 0.6) is 5.75 Å². The molecule has 4 rings (SSSR count). The third-order valence-electron chi connectivity index (χ3n) is 6.80. The number of aryl methyl sites for hydroxylation is 2. The van der Waals surface area contributed by atoms with Gasteiger partial charge in [-0.3, -0.25) is 4.79 Å². The number of hydrogen-bond acceptors (Lipinski definition) is 6. The van der Waals surface area contributed by atoms with E-state index < -0.39 is 5.97 Å². The summed E-state index contributed by atoms with van der Waals surface area (Å²) >= 11 is 0. The molecule has 0 spiro atoms. The van der Waals surface area contributed by atoms with E-state index in [0.29, 0.717) is 41.3 Å². The van der Waals surface area contributed by atoms with E-state index in [-0.39, 0.29) is 23.7 Å². The molecule has 0 unspecified atom stereocenters. The van der Waals surface area contributed by atoms with Crippen LogP contribution in [0.2, 0.25) is 0 Å². The number of nitrogens with one attached hydrogen (secondary N) is 1. The summed E-state index contributed by atoms with van der Waals surface area (Å²) in [5, 5.41) is 13.5. The minimum absolute atomic E-state index is 0.190. The van der Waals surface area contributed by atoms with Crippen molar-refractivity contribution in [2.24, 2.45) is 5.92 Å². The van der Waals surface area contributed by atoms with E-state index >= 15 is 0 Å². The molecule has 0 saturated heterocycles. The Hall–Kier alpha value is -3.42. The van der Waals surface area contributed by atoms with E-state index in [1.54, 1.807) is 26.2 Å². The molecule has 1 aliphatic carbocycles. The van der Waals surface area contributed by atoms with Crippen molar-refractivity contribution in [1.29, 1.82) is 0 Å². The molecule has 0 aliphatic heterocycles. The van der Waals surface area contributed by atoms with Gasteiger partial charge in [-0.2, -0.15) is 0 Å². The molecule has 3 aromatic rings. The van der Waals surface area contributed by atoms with E-state index in [1.807, 2.05) is 26.0 Å². The Morgan fingerprint density at radius 3 is 2.53 bits per heavy atom. The van der Waals surface area contributed by atoms with Crippen LogP contribution < -0.4 is 15.8 Å². The van der Waals surface area contributed by atoms with E-state index in [1.165, 1.54) is 0 Å². The third kappa shape index (κ3) is 4.62. The molecule has 4 N–H and O–H groups in total. The first kappa shape index (κ1) is 23.7. The summed E-state index contributed by atoms with van der Waals surface area (Å²) in [4.78, 5) is 20.6. The number of anilines is 2. The van der Waals surface area contributed by atoms with Gasteiger partial charge in [0.25, 0.3) is 0 Å². The molecule has 7 nitrogen and oxygen atoms in total. The number of nitrogens with zero attached hydrogens (tertiary/aromatic N) is 2. The maximum Gasteiger partial charge on any atom is 0.306 e. The summed E-state index contributed by atoms with van der Waals surface area (Å²) in [7, 11) is 1.63. The van der Waals surface area contributed by atoms with Crippen LogP contribution >= 0.6 is 0 Å². The Kier molecular flexibility index (Phi) is 6.59. The fraction of sp³-hybridized carbons (Fsp3) is 0.423. The molecule has 0 bridgehead atoms. The zero-order chi connectivity index (χ0) is 24.6. The normalized spacial score (nSPS) is 19.1. The monoisotopic (exact) mass is 466 g/mol. The van der Waals surface area contributed by atoms with Crippen molar-refractivity contribution in [3.63, 3.8) is 0 Å². The van der Waals surface area contributed by atoms with Crippen LogP contribution in [-0.4, -0.2) is 28.2 Å². The van der Waals surface area contributed by atoms with Crippen LogP contribution in [-0.2, 0) is 4.79 Å². The number of halogens is 1. The van der Waals surface area contributed by atoms with Crippen molar-refractivity contribution < 1.29 is 19.0 Å². The summed E-state index contributed by atoms with van der Waals surface area (Å²) in [6, 6.07) is 6.83. The minimum atomic E-state index is -0.725. The lowest BCUT2D eigenvalue weighted by Gasteiger charge is -2.28. The van der Waals surface area contributed by atoms with Crippen LogP contribution in [0.3, 0.4) is 0 Å². The predicted molar refractivity (Wildman–Crippen MR) is 131 cm³/mol. The quantitative estimate of drug-likeness (QED) is 0.411. The van der Waals surface area contributed by atoms with Gasteiger partial charge in [0.15, 0.2) is 0 Å². The number of carboxylic acid groups (broad SMARTS) is 1. The lowest BCUT2D eigenvalue weighted by Crippen LogP contribution is -2.20. The van der Waals surface area contributed by atoms with Gasteiger partial charge in [-0.05, 0) is 81.7 Å². The van der Waals surface area contributed by atoms with E-state index in [0.717, 1.165) is 35.1 Å². The highest BCUT2D eigenvalue weighted by Crippen LogP contribution is 2.42. The maximum absolute atomic E-state index is 14.8.